The highest BCUT2D eigenvalue weighted by molar-refractivity contribution is 7.91. The first kappa shape index (κ1) is 13.5. The lowest BCUT2D eigenvalue weighted by Gasteiger charge is -2.17. The molecule has 0 bridgehead atoms. The fourth-order valence-electron chi connectivity index (χ4n) is 2.10. The highest BCUT2D eigenvalue weighted by Gasteiger charge is 2.28. The van der Waals surface area contributed by atoms with Gasteiger partial charge in [0.25, 0.3) is 0 Å². The number of sulfone groups is 1. The van der Waals surface area contributed by atoms with Gasteiger partial charge in [-0.2, -0.15) is 4.98 Å². The molecule has 0 saturated carbocycles. The first-order valence-corrected chi connectivity index (χ1v) is 8.10. The number of nitrogens with zero attached hydrogens (tertiary/aromatic N) is 2. The van der Waals surface area contributed by atoms with Crippen molar-refractivity contribution in [3.8, 4) is 0 Å². The van der Waals surface area contributed by atoms with Crippen LogP contribution in [0.3, 0.4) is 0 Å². The Morgan fingerprint density at radius 2 is 2.11 bits per heavy atom. The van der Waals surface area contributed by atoms with E-state index in [0.29, 0.717) is 24.6 Å². The van der Waals surface area contributed by atoms with Crippen LogP contribution in [0.2, 0.25) is 0 Å². The second kappa shape index (κ2) is 5.79. The third kappa shape index (κ3) is 3.52. The molecule has 2 heterocycles. The quantitative estimate of drug-likeness (QED) is 0.787. The smallest absolute Gasteiger partial charge is 0.229 e. The Labute approximate surface area is 107 Å². The number of hydrogen-bond donors (Lipinski definition) is 1. The maximum Gasteiger partial charge on any atom is 0.229 e. The van der Waals surface area contributed by atoms with Gasteiger partial charge in [0.05, 0.1) is 11.5 Å². The van der Waals surface area contributed by atoms with Crippen LogP contribution in [-0.2, 0) is 16.3 Å². The van der Waals surface area contributed by atoms with E-state index in [1.54, 1.807) is 0 Å². The van der Waals surface area contributed by atoms with Crippen molar-refractivity contribution >= 4 is 9.84 Å². The van der Waals surface area contributed by atoms with Gasteiger partial charge in [-0.1, -0.05) is 5.16 Å². The Morgan fingerprint density at radius 1 is 1.39 bits per heavy atom. The van der Waals surface area contributed by atoms with Crippen molar-refractivity contribution in [3.63, 3.8) is 0 Å². The van der Waals surface area contributed by atoms with E-state index < -0.39 is 9.84 Å². The third-order valence-corrected chi connectivity index (χ3v) is 4.93. The molecule has 0 atom stereocenters. The van der Waals surface area contributed by atoms with Gasteiger partial charge < -0.3 is 9.84 Å². The Balaban J connectivity index is 1.90. The van der Waals surface area contributed by atoms with Crippen molar-refractivity contribution in [2.45, 2.75) is 31.6 Å². The lowest BCUT2D eigenvalue weighted by Crippen LogP contribution is -2.22. The van der Waals surface area contributed by atoms with Crippen LogP contribution in [0.15, 0.2) is 4.52 Å². The maximum atomic E-state index is 11.3. The van der Waals surface area contributed by atoms with Crippen molar-refractivity contribution in [2.75, 3.05) is 25.1 Å². The molecule has 0 radical (unpaired) electrons. The van der Waals surface area contributed by atoms with Crippen molar-refractivity contribution in [1.29, 1.82) is 0 Å². The molecular weight excluding hydrogens is 254 g/mol. The summed E-state index contributed by atoms with van der Waals surface area (Å²) in [6.07, 6.45) is 2.95. The van der Waals surface area contributed by atoms with E-state index in [9.17, 15) is 8.42 Å². The van der Waals surface area contributed by atoms with Crippen molar-refractivity contribution in [3.05, 3.63) is 11.7 Å². The molecule has 1 saturated heterocycles. The fraction of sp³-hybridized carbons (Fsp3) is 0.818. The van der Waals surface area contributed by atoms with Crippen LogP contribution in [-0.4, -0.2) is 43.7 Å². The summed E-state index contributed by atoms with van der Waals surface area (Å²) in [6, 6.07) is 0. The van der Waals surface area contributed by atoms with Crippen molar-refractivity contribution < 1.29 is 12.9 Å². The number of aryl methyl sites for hydroxylation is 1. The van der Waals surface area contributed by atoms with Crippen LogP contribution in [0.5, 0.6) is 0 Å². The van der Waals surface area contributed by atoms with Gasteiger partial charge in [0.1, 0.15) is 9.84 Å². The summed E-state index contributed by atoms with van der Waals surface area (Å²) in [6.45, 7) is 0.922. The van der Waals surface area contributed by atoms with E-state index in [1.165, 1.54) is 0 Å². The van der Waals surface area contributed by atoms with Gasteiger partial charge >= 0.3 is 0 Å². The molecule has 0 aromatic carbocycles. The van der Waals surface area contributed by atoms with Gasteiger partial charge in [-0.3, -0.25) is 0 Å². The molecule has 1 aromatic heterocycles. The van der Waals surface area contributed by atoms with E-state index in [-0.39, 0.29) is 17.4 Å². The van der Waals surface area contributed by atoms with Crippen LogP contribution in [0, 0.1) is 0 Å². The van der Waals surface area contributed by atoms with Crippen molar-refractivity contribution in [2.24, 2.45) is 0 Å². The highest BCUT2D eigenvalue weighted by Crippen LogP contribution is 2.27. The number of aromatic nitrogens is 2. The number of nitrogens with one attached hydrogen (secondary N) is 1. The summed E-state index contributed by atoms with van der Waals surface area (Å²) in [5.74, 6) is 1.89. The zero-order valence-electron chi connectivity index (χ0n) is 10.6. The molecule has 0 amide bonds. The fourth-order valence-corrected chi connectivity index (χ4v) is 3.59. The second-order valence-corrected chi connectivity index (χ2v) is 6.99. The Bertz CT molecular complexity index is 469. The number of rotatable bonds is 5. The highest BCUT2D eigenvalue weighted by atomic mass is 32.2. The Hall–Kier alpha value is -0.950. The molecule has 18 heavy (non-hydrogen) atoms. The molecule has 0 aliphatic carbocycles. The molecular formula is C11H19N3O3S. The molecule has 1 N–H and O–H groups in total. The molecule has 7 heteroatoms. The van der Waals surface area contributed by atoms with E-state index in [4.69, 9.17) is 4.52 Å². The molecule has 102 valence electrons. The van der Waals surface area contributed by atoms with Gasteiger partial charge in [0, 0.05) is 12.3 Å². The summed E-state index contributed by atoms with van der Waals surface area (Å²) in [7, 11) is -0.926. The van der Waals surface area contributed by atoms with Crippen LogP contribution in [0.25, 0.3) is 0 Å². The maximum absolute atomic E-state index is 11.3. The molecule has 1 aromatic rings. The van der Waals surface area contributed by atoms with Crippen molar-refractivity contribution in [1.82, 2.24) is 15.5 Å². The average molecular weight is 273 g/mol. The summed E-state index contributed by atoms with van der Waals surface area (Å²) in [5, 5.41) is 7.00. The SMILES string of the molecule is CNCCCc1noc(C2CCS(=O)(=O)CC2)n1. The predicted octanol–water partition coefficient (Wildman–Crippen LogP) is 0.514. The lowest BCUT2D eigenvalue weighted by molar-refractivity contribution is 0.340. The van der Waals surface area contributed by atoms with Crippen LogP contribution in [0.4, 0.5) is 0 Å². The topological polar surface area (TPSA) is 85.1 Å². The largest absolute Gasteiger partial charge is 0.339 e. The van der Waals surface area contributed by atoms with E-state index in [1.807, 2.05) is 7.05 Å². The first-order valence-electron chi connectivity index (χ1n) is 6.28. The third-order valence-electron chi connectivity index (χ3n) is 3.21. The molecule has 0 unspecified atom stereocenters. The molecule has 1 fully saturated rings. The second-order valence-electron chi connectivity index (χ2n) is 4.68. The molecule has 1 aliphatic heterocycles. The number of hydrogen-bond acceptors (Lipinski definition) is 6. The molecule has 0 spiro atoms. The van der Waals surface area contributed by atoms with E-state index >= 15 is 0 Å². The summed E-state index contributed by atoms with van der Waals surface area (Å²) in [4.78, 5) is 4.35. The minimum Gasteiger partial charge on any atom is -0.339 e. The Morgan fingerprint density at radius 3 is 2.78 bits per heavy atom. The van der Waals surface area contributed by atoms with Crippen LogP contribution < -0.4 is 5.32 Å². The van der Waals surface area contributed by atoms with E-state index in [2.05, 4.69) is 15.5 Å². The van der Waals surface area contributed by atoms with Gasteiger partial charge in [0.15, 0.2) is 5.82 Å². The summed E-state index contributed by atoms with van der Waals surface area (Å²) in [5.41, 5.74) is 0. The predicted molar refractivity (Wildman–Crippen MR) is 67.2 cm³/mol. The minimum absolute atomic E-state index is 0.110. The molecule has 6 nitrogen and oxygen atoms in total. The minimum atomic E-state index is -2.83. The summed E-state index contributed by atoms with van der Waals surface area (Å²) >= 11 is 0. The van der Waals surface area contributed by atoms with Gasteiger partial charge in [0.2, 0.25) is 5.89 Å². The lowest BCUT2D eigenvalue weighted by atomic mass is 10.0. The van der Waals surface area contributed by atoms with Crippen LogP contribution >= 0.6 is 0 Å². The van der Waals surface area contributed by atoms with Gasteiger partial charge in [-0.05, 0) is 32.9 Å². The summed E-state index contributed by atoms with van der Waals surface area (Å²) < 4.78 is 27.9. The zero-order chi connectivity index (χ0) is 13.0. The molecule has 1 aliphatic rings. The van der Waals surface area contributed by atoms with Crippen LogP contribution in [0.1, 0.15) is 36.9 Å². The van der Waals surface area contributed by atoms with Gasteiger partial charge in [-0.25, -0.2) is 8.42 Å². The monoisotopic (exact) mass is 273 g/mol. The zero-order valence-corrected chi connectivity index (χ0v) is 11.4. The Kier molecular flexibility index (Phi) is 4.34. The van der Waals surface area contributed by atoms with E-state index in [0.717, 1.165) is 19.4 Å². The molecule has 2 rings (SSSR count). The normalized spacial score (nSPS) is 20.1. The van der Waals surface area contributed by atoms with Gasteiger partial charge in [-0.15, -0.1) is 0 Å². The first-order chi connectivity index (χ1) is 8.61. The standard InChI is InChI=1S/C11H19N3O3S/c1-12-6-2-3-10-13-11(17-14-10)9-4-7-18(15,16)8-5-9/h9,12H,2-8H2,1H3. The average Bonchev–Trinajstić information content (AvgIpc) is 2.78.